The monoisotopic (exact) mass is 392 g/mol. The van der Waals surface area contributed by atoms with Crippen molar-refractivity contribution in [3.05, 3.63) is 59.4 Å². The Morgan fingerprint density at radius 1 is 1.10 bits per heavy atom. The van der Waals surface area contributed by atoms with Crippen LogP contribution in [0.15, 0.2) is 42.6 Å². The van der Waals surface area contributed by atoms with E-state index in [0.717, 1.165) is 44.9 Å². The number of carbonyl (C=O) groups is 2. The minimum absolute atomic E-state index is 0.0356. The van der Waals surface area contributed by atoms with Gasteiger partial charge in [0, 0.05) is 24.7 Å². The van der Waals surface area contributed by atoms with Gasteiger partial charge < -0.3 is 15.6 Å². The molecule has 2 aromatic rings. The van der Waals surface area contributed by atoms with E-state index >= 15 is 0 Å². The second-order valence-corrected chi connectivity index (χ2v) is 7.71. The molecule has 1 aliphatic rings. The molecule has 6 nitrogen and oxygen atoms in total. The van der Waals surface area contributed by atoms with E-state index in [-0.39, 0.29) is 23.9 Å². The van der Waals surface area contributed by atoms with Gasteiger partial charge in [-0.05, 0) is 56.6 Å². The van der Waals surface area contributed by atoms with Crippen LogP contribution in [-0.4, -0.2) is 28.9 Å². The fraction of sp³-hybridized carbons (Fsp3) is 0.435. The highest BCUT2D eigenvalue weighted by Crippen LogP contribution is 2.19. The van der Waals surface area contributed by atoms with Crippen LogP contribution in [0.3, 0.4) is 0 Å². The molecule has 0 radical (unpaired) electrons. The zero-order chi connectivity index (χ0) is 20.5. The number of nitrogens with zero attached hydrogens (tertiary/aromatic N) is 1. The Hall–Kier alpha value is -3.07. The summed E-state index contributed by atoms with van der Waals surface area (Å²) in [6, 6.07) is 14.0. The first kappa shape index (κ1) is 20.7. The van der Waals surface area contributed by atoms with Crippen molar-refractivity contribution in [2.75, 3.05) is 0 Å². The third-order valence-corrected chi connectivity index (χ3v) is 5.39. The number of benzene rings is 1. The smallest absolute Gasteiger partial charge is 0.267 e. The number of aryl methyl sites for hydroxylation is 1. The maximum absolute atomic E-state index is 12.3. The van der Waals surface area contributed by atoms with Crippen LogP contribution in [0.25, 0.3) is 0 Å². The minimum atomic E-state index is -0.204. The number of amides is 2. The zero-order valence-corrected chi connectivity index (χ0v) is 16.6. The van der Waals surface area contributed by atoms with Crippen LogP contribution in [0.2, 0.25) is 0 Å². The van der Waals surface area contributed by atoms with E-state index in [1.165, 1.54) is 11.8 Å². The molecule has 3 rings (SSSR count). The van der Waals surface area contributed by atoms with Gasteiger partial charge in [0.15, 0.2) is 0 Å². The molecule has 1 heterocycles. The van der Waals surface area contributed by atoms with Crippen molar-refractivity contribution in [1.82, 2.24) is 15.6 Å². The molecule has 29 heavy (non-hydrogen) atoms. The van der Waals surface area contributed by atoms with Gasteiger partial charge in [-0.25, -0.2) is 0 Å². The van der Waals surface area contributed by atoms with Crippen molar-refractivity contribution in [2.24, 2.45) is 0 Å². The van der Waals surface area contributed by atoms with Crippen molar-refractivity contribution in [2.45, 2.75) is 63.5 Å². The van der Waals surface area contributed by atoms with Crippen LogP contribution < -0.4 is 10.6 Å². The summed E-state index contributed by atoms with van der Waals surface area (Å²) in [5.41, 5.74) is 2.14. The summed E-state index contributed by atoms with van der Waals surface area (Å²) in [4.78, 5) is 27.4. The second-order valence-electron chi connectivity index (χ2n) is 7.71. The van der Waals surface area contributed by atoms with Crippen molar-refractivity contribution in [1.29, 1.82) is 5.26 Å². The average molecular weight is 393 g/mol. The van der Waals surface area contributed by atoms with Gasteiger partial charge in [0.1, 0.15) is 11.8 Å². The van der Waals surface area contributed by atoms with Crippen LogP contribution in [0.1, 0.15) is 66.6 Å². The molecule has 1 aliphatic carbocycles. The fourth-order valence-corrected chi connectivity index (χ4v) is 3.86. The lowest BCUT2D eigenvalue weighted by Crippen LogP contribution is -2.45. The Kier molecular flexibility index (Phi) is 7.46. The lowest BCUT2D eigenvalue weighted by atomic mass is 9.90. The number of nitriles is 1. The molecule has 152 valence electrons. The number of nitrogens with one attached hydrogen (secondary N) is 3. The van der Waals surface area contributed by atoms with Gasteiger partial charge in [-0.15, -0.1) is 0 Å². The van der Waals surface area contributed by atoms with Gasteiger partial charge in [-0.2, -0.15) is 5.26 Å². The molecule has 3 N–H and O–H groups in total. The van der Waals surface area contributed by atoms with Gasteiger partial charge in [-0.1, -0.05) is 30.3 Å². The molecule has 0 saturated heterocycles. The summed E-state index contributed by atoms with van der Waals surface area (Å²) < 4.78 is 0. The normalized spacial score (nSPS) is 18.6. The third-order valence-electron chi connectivity index (χ3n) is 5.39. The van der Waals surface area contributed by atoms with Gasteiger partial charge in [0.05, 0.1) is 5.56 Å². The maximum atomic E-state index is 12.3. The number of aromatic nitrogens is 1. The van der Waals surface area contributed by atoms with E-state index in [2.05, 4.69) is 27.8 Å². The van der Waals surface area contributed by atoms with Crippen molar-refractivity contribution in [3.8, 4) is 6.07 Å². The average Bonchev–Trinajstić information content (AvgIpc) is 3.22. The molecule has 1 aromatic carbocycles. The summed E-state index contributed by atoms with van der Waals surface area (Å²) in [6.07, 6.45) is 8.51. The summed E-state index contributed by atoms with van der Waals surface area (Å²) in [5.74, 6) is -0.109. The highest BCUT2D eigenvalue weighted by molar-refractivity contribution is 5.93. The lowest BCUT2D eigenvalue weighted by molar-refractivity contribution is -0.122. The molecule has 2 amide bonds. The van der Waals surface area contributed by atoms with Crippen LogP contribution in [0.4, 0.5) is 0 Å². The highest BCUT2D eigenvalue weighted by atomic mass is 16.2. The third kappa shape index (κ3) is 6.49. The second kappa shape index (κ2) is 10.5. The van der Waals surface area contributed by atoms with E-state index in [4.69, 9.17) is 5.26 Å². The first-order valence-electron chi connectivity index (χ1n) is 10.4. The van der Waals surface area contributed by atoms with Crippen LogP contribution in [0, 0.1) is 11.3 Å². The molecule has 0 bridgehead atoms. The standard InChI is InChI=1S/C23H28N4O2/c24-15-18-13-21(25-16-18)23(29)27-20-11-6-10-19(14-20)26-22(28)12-5-4-9-17-7-2-1-3-8-17/h1-3,7-8,13,16,19-20,25H,4-6,9-12,14H2,(H,26,28)(H,27,29)/t19-,20-/m1/s1. The number of hydrogen-bond acceptors (Lipinski definition) is 3. The Morgan fingerprint density at radius 3 is 2.59 bits per heavy atom. The van der Waals surface area contributed by atoms with Crippen LogP contribution >= 0.6 is 0 Å². The van der Waals surface area contributed by atoms with Crippen LogP contribution in [-0.2, 0) is 11.2 Å². The predicted octanol–water partition coefficient (Wildman–Crippen LogP) is 3.46. The number of hydrogen-bond donors (Lipinski definition) is 3. The van der Waals surface area contributed by atoms with Crippen LogP contribution in [0.5, 0.6) is 0 Å². The number of aromatic amines is 1. The van der Waals surface area contributed by atoms with Gasteiger partial charge in [0.25, 0.3) is 5.91 Å². The molecule has 1 aromatic heterocycles. The van der Waals surface area contributed by atoms with E-state index in [0.29, 0.717) is 17.7 Å². The molecule has 1 fully saturated rings. The number of rotatable bonds is 8. The molecule has 0 unspecified atom stereocenters. The van der Waals surface area contributed by atoms with E-state index in [1.807, 2.05) is 24.3 Å². The summed E-state index contributed by atoms with van der Waals surface area (Å²) in [5, 5.41) is 15.0. The Morgan fingerprint density at radius 2 is 1.86 bits per heavy atom. The first-order chi connectivity index (χ1) is 14.1. The number of carbonyl (C=O) groups excluding carboxylic acids is 2. The summed E-state index contributed by atoms with van der Waals surface area (Å²) in [7, 11) is 0. The summed E-state index contributed by atoms with van der Waals surface area (Å²) in [6.45, 7) is 0. The van der Waals surface area contributed by atoms with Gasteiger partial charge in [0.2, 0.25) is 5.91 Å². The van der Waals surface area contributed by atoms with E-state index in [1.54, 1.807) is 6.07 Å². The lowest BCUT2D eigenvalue weighted by Gasteiger charge is -2.30. The van der Waals surface area contributed by atoms with Gasteiger partial charge in [-0.3, -0.25) is 9.59 Å². The molecule has 0 aliphatic heterocycles. The van der Waals surface area contributed by atoms with Crippen molar-refractivity contribution in [3.63, 3.8) is 0 Å². The van der Waals surface area contributed by atoms with E-state index in [9.17, 15) is 9.59 Å². The molecule has 1 saturated carbocycles. The zero-order valence-electron chi connectivity index (χ0n) is 16.6. The molecule has 2 atom stereocenters. The minimum Gasteiger partial charge on any atom is -0.356 e. The Balaban J connectivity index is 1.37. The van der Waals surface area contributed by atoms with E-state index < -0.39 is 0 Å². The van der Waals surface area contributed by atoms with Crippen molar-refractivity contribution < 1.29 is 9.59 Å². The Bertz CT molecular complexity index is 853. The number of unbranched alkanes of at least 4 members (excludes halogenated alkanes) is 1. The highest BCUT2D eigenvalue weighted by Gasteiger charge is 2.25. The van der Waals surface area contributed by atoms with Gasteiger partial charge >= 0.3 is 0 Å². The molecular weight excluding hydrogens is 364 g/mol. The first-order valence-corrected chi connectivity index (χ1v) is 10.4. The SMILES string of the molecule is N#Cc1c[nH]c(C(=O)N[C@@H]2CCC[C@@H](NC(=O)CCCCc3ccccc3)C2)c1. The Labute approximate surface area is 171 Å². The van der Waals surface area contributed by atoms with Crippen molar-refractivity contribution >= 4 is 11.8 Å². The largest absolute Gasteiger partial charge is 0.356 e. The molecule has 0 spiro atoms. The topological polar surface area (TPSA) is 97.8 Å². The molecule has 6 heteroatoms. The predicted molar refractivity (Wildman–Crippen MR) is 111 cm³/mol. The number of H-pyrrole nitrogens is 1. The maximum Gasteiger partial charge on any atom is 0.267 e. The molecular formula is C23H28N4O2. The fourth-order valence-electron chi connectivity index (χ4n) is 3.86. The summed E-state index contributed by atoms with van der Waals surface area (Å²) >= 11 is 0. The quantitative estimate of drug-likeness (QED) is 0.600.